The lowest BCUT2D eigenvalue weighted by molar-refractivity contribution is 0.0386. The van der Waals surface area contributed by atoms with Crippen LogP contribution in [0.5, 0.6) is 11.5 Å². The number of hydrogen-bond acceptors (Lipinski definition) is 6. The summed E-state index contributed by atoms with van der Waals surface area (Å²) in [5.74, 6) is 2.53. The smallest absolute Gasteiger partial charge is 0.191 e. The molecule has 8 nitrogen and oxygen atoms in total. The van der Waals surface area contributed by atoms with Crippen molar-refractivity contribution in [1.29, 1.82) is 0 Å². The maximum Gasteiger partial charge on any atom is 0.191 e. The highest BCUT2D eigenvalue weighted by molar-refractivity contribution is 14.0. The van der Waals surface area contributed by atoms with Gasteiger partial charge < -0.3 is 34.5 Å². The van der Waals surface area contributed by atoms with Gasteiger partial charge in [0.05, 0.1) is 26.5 Å². The van der Waals surface area contributed by atoms with Crippen LogP contribution in [0.3, 0.4) is 0 Å². The number of methoxy groups -OCH3 is 1. The van der Waals surface area contributed by atoms with Crippen LogP contribution in [0.1, 0.15) is 39.0 Å². The highest BCUT2D eigenvalue weighted by atomic mass is 127. The molecule has 1 unspecified atom stereocenters. The third kappa shape index (κ3) is 9.42. The number of nitrogens with one attached hydrogen (secondary N) is 2. The number of aliphatic hydroxyl groups is 1. The van der Waals surface area contributed by atoms with Gasteiger partial charge in [0, 0.05) is 13.1 Å². The molecule has 0 radical (unpaired) electrons. The zero-order valence-corrected chi connectivity index (χ0v) is 22.7. The van der Waals surface area contributed by atoms with E-state index in [2.05, 4.69) is 34.4 Å². The summed E-state index contributed by atoms with van der Waals surface area (Å²) in [6.45, 7) is 12.9. The minimum absolute atomic E-state index is 0. The lowest BCUT2D eigenvalue weighted by Crippen LogP contribution is -2.44. The standard InChI is InChI=1S/C24H38N4O4.HI/c1-6-25-23(27-18-24(4,29)22-10-9-14-32-22)26-17-19-11-12-20(21(16-19)30-5)31-15-13-28(7-2)8-3;/h9-12,14,16,29H,6-8,13,15,17-18H2,1-5H3,(H2,25,26,27);1H. The maximum absolute atomic E-state index is 10.6. The summed E-state index contributed by atoms with van der Waals surface area (Å²) in [7, 11) is 1.64. The summed E-state index contributed by atoms with van der Waals surface area (Å²) in [4.78, 5) is 6.94. The molecule has 0 aliphatic rings. The van der Waals surface area contributed by atoms with Crippen molar-refractivity contribution in [2.75, 3.05) is 46.4 Å². The highest BCUT2D eigenvalue weighted by Gasteiger charge is 2.26. The number of benzene rings is 1. The first-order chi connectivity index (χ1) is 15.4. The van der Waals surface area contributed by atoms with E-state index in [0.29, 0.717) is 37.2 Å². The van der Waals surface area contributed by atoms with E-state index in [4.69, 9.17) is 13.9 Å². The molecule has 1 atom stereocenters. The van der Waals surface area contributed by atoms with E-state index in [1.807, 2.05) is 25.1 Å². The number of halogens is 1. The van der Waals surface area contributed by atoms with Gasteiger partial charge in [-0.05, 0) is 56.8 Å². The Morgan fingerprint density at radius 3 is 2.52 bits per heavy atom. The molecule has 186 valence electrons. The number of furan rings is 1. The Kier molecular flexibility index (Phi) is 13.2. The largest absolute Gasteiger partial charge is 0.493 e. The molecule has 1 aromatic carbocycles. The number of nitrogens with zero attached hydrogens (tertiary/aromatic N) is 2. The van der Waals surface area contributed by atoms with Gasteiger partial charge >= 0.3 is 0 Å². The van der Waals surface area contributed by atoms with Crippen LogP contribution in [0.15, 0.2) is 46.0 Å². The van der Waals surface area contributed by atoms with Crippen molar-refractivity contribution < 1.29 is 19.0 Å². The fourth-order valence-corrected chi connectivity index (χ4v) is 3.19. The number of rotatable bonds is 13. The predicted molar refractivity (Wildman–Crippen MR) is 143 cm³/mol. The molecule has 2 aromatic rings. The van der Waals surface area contributed by atoms with Crippen LogP contribution in [0, 0.1) is 0 Å². The Morgan fingerprint density at radius 2 is 1.91 bits per heavy atom. The minimum Gasteiger partial charge on any atom is -0.493 e. The van der Waals surface area contributed by atoms with Crippen molar-refractivity contribution in [2.24, 2.45) is 4.99 Å². The molecule has 0 fully saturated rings. The monoisotopic (exact) mass is 574 g/mol. The van der Waals surface area contributed by atoms with Gasteiger partial charge in [-0.1, -0.05) is 19.9 Å². The Hall–Kier alpha value is -1.98. The quantitative estimate of drug-likeness (QED) is 0.191. The Morgan fingerprint density at radius 1 is 1.15 bits per heavy atom. The second-order valence-electron chi connectivity index (χ2n) is 7.66. The number of aliphatic imine (C=N–C) groups is 1. The van der Waals surface area contributed by atoms with E-state index in [1.54, 1.807) is 32.4 Å². The van der Waals surface area contributed by atoms with Gasteiger partial charge in [-0.3, -0.25) is 0 Å². The first-order valence-corrected chi connectivity index (χ1v) is 11.2. The summed E-state index contributed by atoms with van der Waals surface area (Å²) in [5, 5.41) is 17.0. The van der Waals surface area contributed by atoms with Crippen LogP contribution in [-0.4, -0.2) is 62.4 Å². The lowest BCUT2D eigenvalue weighted by atomic mass is 10.0. The van der Waals surface area contributed by atoms with Crippen molar-refractivity contribution >= 4 is 29.9 Å². The maximum atomic E-state index is 10.6. The fourth-order valence-electron chi connectivity index (χ4n) is 3.19. The molecular formula is C24H39IN4O4. The molecule has 0 saturated carbocycles. The third-order valence-corrected chi connectivity index (χ3v) is 5.20. The second-order valence-corrected chi connectivity index (χ2v) is 7.66. The molecule has 0 spiro atoms. The van der Waals surface area contributed by atoms with Crippen molar-refractivity contribution in [2.45, 2.75) is 39.8 Å². The summed E-state index contributed by atoms with van der Waals surface area (Å²) in [5.41, 5.74) is -0.152. The Balaban J connectivity index is 0.00000544. The van der Waals surface area contributed by atoms with Crippen LogP contribution < -0.4 is 20.1 Å². The van der Waals surface area contributed by atoms with Crippen molar-refractivity contribution in [3.05, 3.63) is 47.9 Å². The van der Waals surface area contributed by atoms with Gasteiger partial charge in [0.2, 0.25) is 0 Å². The molecule has 1 aromatic heterocycles. The molecule has 2 rings (SSSR count). The van der Waals surface area contributed by atoms with Gasteiger partial charge in [-0.25, -0.2) is 4.99 Å². The van der Waals surface area contributed by atoms with Gasteiger partial charge in [0.25, 0.3) is 0 Å². The number of ether oxygens (including phenoxy) is 2. The van der Waals surface area contributed by atoms with Gasteiger partial charge in [0.1, 0.15) is 18.0 Å². The van der Waals surface area contributed by atoms with E-state index in [0.717, 1.165) is 30.9 Å². The van der Waals surface area contributed by atoms with Crippen LogP contribution in [0.25, 0.3) is 0 Å². The fraction of sp³-hybridized carbons (Fsp3) is 0.542. The van der Waals surface area contributed by atoms with Crippen LogP contribution in [0.4, 0.5) is 0 Å². The van der Waals surface area contributed by atoms with Crippen LogP contribution in [-0.2, 0) is 12.1 Å². The normalized spacial score (nSPS) is 13.2. The Bertz CT molecular complexity index is 824. The van der Waals surface area contributed by atoms with Crippen molar-refractivity contribution in [3.63, 3.8) is 0 Å². The Labute approximate surface area is 214 Å². The summed E-state index contributed by atoms with van der Waals surface area (Å²) in [6.07, 6.45) is 1.55. The van der Waals surface area contributed by atoms with Crippen LogP contribution >= 0.6 is 24.0 Å². The van der Waals surface area contributed by atoms with Gasteiger partial charge in [0.15, 0.2) is 17.5 Å². The predicted octanol–water partition coefficient (Wildman–Crippen LogP) is 3.59. The lowest BCUT2D eigenvalue weighted by Gasteiger charge is -2.22. The number of likely N-dealkylation sites (N-methyl/N-ethyl adjacent to an activating group) is 1. The third-order valence-electron chi connectivity index (χ3n) is 5.20. The summed E-state index contributed by atoms with van der Waals surface area (Å²) >= 11 is 0. The molecule has 33 heavy (non-hydrogen) atoms. The molecule has 9 heteroatoms. The van der Waals surface area contributed by atoms with Crippen LogP contribution in [0.2, 0.25) is 0 Å². The van der Waals surface area contributed by atoms with Gasteiger partial charge in [-0.15, -0.1) is 24.0 Å². The molecule has 0 bridgehead atoms. The zero-order chi connectivity index (χ0) is 23.4. The number of hydrogen-bond donors (Lipinski definition) is 3. The zero-order valence-electron chi connectivity index (χ0n) is 20.4. The second kappa shape index (κ2) is 15.0. The van der Waals surface area contributed by atoms with E-state index < -0.39 is 5.60 Å². The van der Waals surface area contributed by atoms with E-state index in [9.17, 15) is 5.11 Å². The average Bonchev–Trinajstić information content (AvgIpc) is 3.35. The van der Waals surface area contributed by atoms with E-state index in [-0.39, 0.29) is 30.5 Å². The molecular weight excluding hydrogens is 535 g/mol. The average molecular weight is 575 g/mol. The number of guanidine groups is 1. The molecule has 3 N–H and O–H groups in total. The first-order valence-electron chi connectivity index (χ1n) is 11.2. The van der Waals surface area contributed by atoms with E-state index in [1.165, 1.54) is 0 Å². The first kappa shape index (κ1) is 29.1. The molecule has 0 amide bonds. The molecule has 0 aliphatic heterocycles. The van der Waals surface area contributed by atoms with Crippen molar-refractivity contribution in [1.82, 2.24) is 15.5 Å². The topological polar surface area (TPSA) is 91.5 Å². The molecule has 0 saturated heterocycles. The minimum atomic E-state index is -1.15. The SMILES string of the molecule is CCNC(=NCc1ccc(OCCN(CC)CC)c(OC)c1)NCC(C)(O)c1ccco1.I. The van der Waals surface area contributed by atoms with E-state index >= 15 is 0 Å². The summed E-state index contributed by atoms with van der Waals surface area (Å²) < 4.78 is 16.8. The molecule has 1 heterocycles. The van der Waals surface area contributed by atoms with Crippen molar-refractivity contribution in [3.8, 4) is 11.5 Å². The van der Waals surface area contributed by atoms with Gasteiger partial charge in [-0.2, -0.15) is 0 Å². The molecule has 0 aliphatic carbocycles. The highest BCUT2D eigenvalue weighted by Crippen LogP contribution is 2.28. The summed E-state index contributed by atoms with van der Waals surface area (Å²) in [6, 6.07) is 9.37.